The van der Waals surface area contributed by atoms with Crippen LogP contribution in [-0.4, -0.2) is 80.0 Å². The number of fused-ring (bicyclic) bond motifs is 1. The van der Waals surface area contributed by atoms with Gasteiger partial charge in [-0.05, 0) is 43.1 Å². The van der Waals surface area contributed by atoms with Crippen LogP contribution in [0.1, 0.15) is 12.0 Å². The number of hydrogen-bond acceptors (Lipinski definition) is 10. The monoisotopic (exact) mass is 495 g/mol. The van der Waals surface area contributed by atoms with Crippen LogP contribution in [0.15, 0.2) is 36.9 Å². The summed E-state index contributed by atoms with van der Waals surface area (Å²) in [6.45, 7) is 4.87. The zero-order chi connectivity index (χ0) is 24.2. The van der Waals surface area contributed by atoms with E-state index >= 15 is 0 Å². The van der Waals surface area contributed by atoms with Gasteiger partial charge in [-0.1, -0.05) is 0 Å². The minimum atomic E-state index is -1.58. The number of aromatic amines is 1. The van der Waals surface area contributed by atoms with Crippen LogP contribution in [0.25, 0.3) is 10.9 Å². The van der Waals surface area contributed by atoms with Gasteiger partial charge in [0, 0.05) is 64.8 Å². The summed E-state index contributed by atoms with van der Waals surface area (Å²) in [5.74, 6) is 2.57. The summed E-state index contributed by atoms with van der Waals surface area (Å²) in [6, 6.07) is 6.13. The Balaban J connectivity index is 1.17. The number of hydrogen-bond donors (Lipinski definition) is 3. The molecule has 35 heavy (non-hydrogen) atoms. The predicted molar refractivity (Wildman–Crippen MR) is 137 cm³/mol. The lowest BCUT2D eigenvalue weighted by molar-refractivity contribution is 0.253. The maximum Gasteiger partial charge on any atom is 0.237 e. The number of rotatable bonds is 9. The van der Waals surface area contributed by atoms with E-state index in [0.717, 1.165) is 68.3 Å². The highest BCUT2D eigenvalue weighted by molar-refractivity contribution is 7.14. The van der Waals surface area contributed by atoms with Crippen LogP contribution in [-0.2, 0) is 6.42 Å². The van der Waals surface area contributed by atoms with Crippen molar-refractivity contribution in [1.29, 1.82) is 0 Å². The molecule has 0 amide bonds. The lowest BCUT2D eigenvalue weighted by atomic mass is 10.1. The molecule has 0 aliphatic carbocycles. The molecular weight excluding hydrogens is 466 g/mol. The van der Waals surface area contributed by atoms with Crippen molar-refractivity contribution in [2.75, 3.05) is 62.4 Å². The van der Waals surface area contributed by atoms with Crippen LogP contribution in [0.5, 0.6) is 5.75 Å². The number of anilines is 4. The molecule has 184 valence electrons. The van der Waals surface area contributed by atoms with Gasteiger partial charge in [-0.2, -0.15) is 0 Å². The molecule has 1 atom stereocenters. The Morgan fingerprint density at radius 1 is 1.17 bits per heavy atom. The van der Waals surface area contributed by atoms with E-state index in [2.05, 4.69) is 56.4 Å². The van der Waals surface area contributed by atoms with E-state index in [1.807, 2.05) is 12.1 Å². The Labute approximate surface area is 206 Å². The van der Waals surface area contributed by atoms with Crippen LogP contribution >= 0.6 is 11.1 Å². The number of nitrogens with one attached hydrogen (secondary N) is 3. The molecule has 0 bridgehead atoms. The van der Waals surface area contributed by atoms with Gasteiger partial charge in [0.05, 0.1) is 13.3 Å². The van der Waals surface area contributed by atoms with Crippen LogP contribution in [0.2, 0.25) is 0 Å². The van der Waals surface area contributed by atoms with Gasteiger partial charge in [-0.25, -0.2) is 9.97 Å². The van der Waals surface area contributed by atoms with Crippen LogP contribution in [0.3, 0.4) is 0 Å². The van der Waals surface area contributed by atoms with Crippen molar-refractivity contribution in [2.24, 2.45) is 0 Å². The van der Waals surface area contributed by atoms with Crippen molar-refractivity contribution in [3.05, 3.63) is 42.5 Å². The van der Waals surface area contributed by atoms with Gasteiger partial charge < -0.3 is 29.8 Å². The summed E-state index contributed by atoms with van der Waals surface area (Å²) in [5, 5.41) is 7.34. The molecular formula is C23H29N9O2S. The Morgan fingerprint density at radius 3 is 2.80 bits per heavy atom. The molecule has 4 aromatic rings. The van der Waals surface area contributed by atoms with Gasteiger partial charge in [0.1, 0.15) is 6.33 Å². The second-order valence-electron chi connectivity index (χ2n) is 8.41. The fraction of sp³-hybridized carbons (Fsp3) is 0.391. The normalized spacial score (nSPS) is 14.9. The summed E-state index contributed by atoms with van der Waals surface area (Å²) in [4.78, 5) is 16.6. The number of H-pyrrole nitrogens is 1. The lowest BCUT2D eigenvalue weighted by Crippen LogP contribution is -2.47. The number of aryl methyl sites for hydroxylation is 1. The van der Waals surface area contributed by atoms with Crippen LogP contribution < -0.4 is 20.3 Å². The summed E-state index contributed by atoms with van der Waals surface area (Å²) in [6.07, 6.45) is 7.44. The molecule has 4 heterocycles. The molecule has 0 saturated carbocycles. The second kappa shape index (κ2) is 10.4. The molecule has 5 rings (SSSR count). The molecule has 1 saturated heterocycles. The molecule has 1 aliphatic rings. The molecule has 1 unspecified atom stereocenters. The van der Waals surface area contributed by atoms with Crippen molar-refractivity contribution in [3.8, 4) is 5.75 Å². The molecule has 1 aromatic carbocycles. The average Bonchev–Trinajstić information content (AvgIpc) is 3.46. The van der Waals surface area contributed by atoms with E-state index in [1.54, 1.807) is 26.7 Å². The van der Waals surface area contributed by atoms with Gasteiger partial charge in [0.25, 0.3) is 0 Å². The lowest BCUT2D eigenvalue weighted by Gasteiger charge is -2.35. The van der Waals surface area contributed by atoms with E-state index in [-0.39, 0.29) is 0 Å². The number of methoxy groups -OCH3 is 1. The first-order valence-corrected chi connectivity index (χ1v) is 12.7. The van der Waals surface area contributed by atoms with E-state index in [0.29, 0.717) is 11.6 Å². The fourth-order valence-electron chi connectivity index (χ4n) is 4.48. The smallest absolute Gasteiger partial charge is 0.237 e. The Hall–Kier alpha value is -3.48. The van der Waals surface area contributed by atoms with E-state index in [9.17, 15) is 4.55 Å². The van der Waals surface area contributed by atoms with Crippen molar-refractivity contribution in [3.63, 3.8) is 0 Å². The number of nitrogens with zero attached hydrogens (tertiary/aromatic N) is 6. The van der Waals surface area contributed by atoms with Crippen LogP contribution in [0, 0.1) is 0 Å². The summed E-state index contributed by atoms with van der Waals surface area (Å²) in [7, 11) is 3.39. The third kappa shape index (κ3) is 5.14. The van der Waals surface area contributed by atoms with Gasteiger partial charge in [-0.15, -0.1) is 0 Å². The van der Waals surface area contributed by atoms with Crippen molar-refractivity contribution in [2.45, 2.75) is 12.8 Å². The van der Waals surface area contributed by atoms with Crippen molar-refractivity contribution in [1.82, 2.24) is 28.6 Å². The molecule has 12 heteroatoms. The van der Waals surface area contributed by atoms with Crippen molar-refractivity contribution < 1.29 is 9.29 Å². The topological polar surface area (TPSA) is 130 Å². The minimum absolute atomic E-state index is 0.487. The molecule has 0 spiro atoms. The van der Waals surface area contributed by atoms with Gasteiger partial charge in [0.15, 0.2) is 22.7 Å². The molecule has 0 radical (unpaired) electrons. The second-order valence-corrected chi connectivity index (χ2v) is 9.23. The van der Waals surface area contributed by atoms with E-state index < -0.39 is 11.1 Å². The first kappa shape index (κ1) is 23.3. The molecule has 3 N–H and O–H groups in total. The summed E-state index contributed by atoms with van der Waals surface area (Å²) < 4.78 is 25.0. The minimum Gasteiger partial charge on any atom is -0.546 e. The first-order valence-electron chi connectivity index (χ1n) is 11.6. The molecule has 1 aliphatic heterocycles. The molecule has 11 nitrogen and oxygen atoms in total. The Kier molecular flexibility index (Phi) is 6.93. The number of piperazine rings is 1. The fourth-order valence-corrected chi connectivity index (χ4v) is 5.14. The third-order valence-electron chi connectivity index (χ3n) is 6.30. The van der Waals surface area contributed by atoms with Gasteiger partial charge in [0.2, 0.25) is 11.6 Å². The van der Waals surface area contributed by atoms with E-state index in [1.165, 1.54) is 10.9 Å². The highest BCUT2D eigenvalue weighted by Crippen LogP contribution is 2.29. The standard InChI is InChI=1S/C23H29N9O2S/c1-24-21-22(30-35(33)29-21)28-17-5-6-19-18(12-17)16(13-26-19)4-3-7-31-8-10-32(11-9-31)23-20(34-2)14-25-15-27-23/h5-6,12-15,26H,3-4,7-11H2,1-2H3,(H,24,29)(H,28,30). The highest BCUT2D eigenvalue weighted by atomic mass is 32.2. The molecule has 3 aromatic heterocycles. The number of aromatic nitrogens is 5. The third-order valence-corrected chi connectivity index (χ3v) is 6.98. The zero-order valence-electron chi connectivity index (χ0n) is 19.8. The first-order chi connectivity index (χ1) is 17.1. The van der Waals surface area contributed by atoms with Crippen molar-refractivity contribution >= 4 is 45.2 Å². The highest BCUT2D eigenvalue weighted by Gasteiger charge is 2.21. The van der Waals surface area contributed by atoms with E-state index in [4.69, 9.17) is 4.74 Å². The largest absolute Gasteiger partial charge is 0.546 e. The van der Waals surface area contributed by atoms with Gasteiger partial charge >= 0.3 is 0 Å². The average molecular weight is 496 g/mol. The maximum absolute atomic E-state index is 11.6. The zero-order valence-corrected chi connectivity index (χ0v) is 20.6. The SMILES string of the molecule is CNc1n[s+]([O-])nc1Nc1ccc2[nH]cc(CCCN3CCN(c4ncncc4OC)CC3)c2c1. The Morgan fingerprint density at radius 2 is 2.00 bits per heavy atom. The maximum atomic E-state index is 11.6. The Bertz CT molecular complexity index is 1280. The number of benzene rings is 1. The summed E-state index contributed by atoms with van der Waals surface area (Å²) >= 11 is -1.58. The van der Waals surface area contributed by atoms with Gasteiger partial charge in [-0.3, -0.25) is 4.90 Å². The van der Waals surface area contributed by atoms with Crippen LogP contribution in [0.4, 0.5) is 23.1 Å². The number of ether oxygens (including phenoxy) is 1. The quantitative estimate of drug-likeness (QED) is 0.298. The summed E-state index contributed by atoms with van der Waals surface area (Å²) in [5.41, 5.74) is 3.26. The molecule has 1 fully saturated rings. The predicted octanol–water partition coefficient (Wildman–Crippen LogP) is 3.02.